The van der Waals surface area contributed by atoms with Gasteiger partial charge in [-0.2, -0.15) is 0 Å². The number of ether oxygens (including phenoxy) is 3. The lowest BCUT2D eigenvalue weighted by Gasteiger charge is -2.35. The Bertz CT molecular complexity index is 613. The molecule has 7 heteroatoms. The van der Waals surface area contributed by atoms with E-state index in [0.717, 1.165) is 51.2 Å². The van der Waals surface area contributed by atoms with Gasteiger partial charge in [0.05, 0.1) is 33.0 Å². The average molecular weight is 599 g/mol. The van der Waals surface area contributed by atoms with E-state index in [2.05, 4.69) is 66.0 Å². The number of ketones is 1. The number of unbranched alkanes of at least 4 members (excludes halogenated alkanes) is 3. The molecule has 0 aliphatic heterocycles. The van der Waals surface area contributed by atoms with Crippen LogP contribution in [0.1, 0.15) is 132 Å². The fraction of sp³-hybridized carbons (Fsp3) is 0.943. The third-order valence-corrected chi connectivity index (χ3v) is 7.35. The van der Waals surface area contributed by atoms with Gasteiger partial charge in [0, 0.05) is 43.9 Å². The molecule has 0 aliphatic rings. The van der Waals surface area contributed by atoms with Gasteiger partial charge < -0.3 is 24.8 Å². The Labute approximate surface area is 260 Å². The zero-order valence-electron chi connectivity index (χ0n) is 29.0. The van der Waals surface area contributed by atoms with E-state index in [0.29, 0.717) is 76.7 Å². The predicted octanol–water partition coefficient (Wildman–Crippen LogP) is 7.36. The molecule has 0 saturated carbocycles. The van der Waals surface area contributed by atoms with Crippen molar-refractivity contribution in [1.29, 1.82) is 0 Å². The molecule has 0 aromatic carbocycles. The van der Waals surface area contributed by atoms with Crippen molar-refractivity contribution in [2.75, 3.05) is 52.7 Å². The molecule has 7 nitrogen and oxygen atoms in total. The first kappa shape index (κ1) is 41.0. The molecule has 1 unspecified atom stereocenters. The molecule has 0 spiro atoms. The number of Topliss-reactive ketones (excluding diaryl/α,β-unsaturated/α-hetero) is 1. The van der Waals surface area contributed by atoms with Gasteiger partial charge in [0.2, 0.25) is 5.91 Å². The van der Waals surface area contributed by atoms with Gasteiger partial charge >= 0.3 is 0 Å². The van der Waals surface area contributed by atoms with Gasteiger partial charge in [-0.15, -0.1) is 0 Å². The third kappa shape index (κ3) is 26.6. The number of rotatable bonds is 30. The molecule has 0 aliphatic carbocycles. The number of hydrogen-bond acceptors (Lipinski definition) is 6. The van der Waals surface area contributed by atoms with Crippen LogP contribution in [0.4, 0.5) is 0 Å². The molecule has 250 valence electrons. The molecule has 0 rings (SSSR count). The van der Waals surface area contributed by atoms with Crippen LogP contribution < -0.4 is 10.6 Å². The molecule has 2 N–H and O–H groups in total. The second-order valence-corrected chi connectivity index (χ2v) is 14.0. The Hall–Kier alpha value is -1.02. The first-order chi connectivity index (χ1) is 20.0. The van der Waals surface area contributed by atoms with Gasteiger partial charge in [-0.05, 0) is 50.0 Å². The Balaban J connectivity index is 4.77. The van der Waals surface area contributed by atoms with Crippen LogP contribution in [0, 0.1) is 23.2 Å². The Morgan fingerprint density at radius 1 is 0.595 bits per heavy atom. The van der Waals surface area contributed by atoms with Gasteiger partial charge in [0.15, 0.2) is 0 Å². The van der Waals surface area contributed by atoms with E-state index in [1.807, 2.05) is 0 Å². The third-order valence-electron chi connectivity index (χ3n) is 7.35. The van der Waals surface area contributed by atoms with Crippen LogP contribution in [-0.4, -0.2) is 70.5 Å². The number of hydrogen-bond donors (Lipinski definition) is 2. The lowest BCUT2D eigenvalue weighted by molar-refractivity contribution is -0.123. The molecule has 0 fully saturated rings. The normalized spacial score (nSPS) is 13.4. The van der Waals surface area contributed by atoms with E-state index >= 15 is 0 Å². The number of carbonyl (C=O) groups excluding carboxylic acids is 2. The fourth-order valence-corrected chi connectivity index (χ4v) is 5.11. The quantitative estimate of drug-likeness (QED) is 0.0841. The van der Waals surface area contributed by atoms with Gasteiger partial charge in [0.1, 0.15) is 5.78 Å². The Kier molecular flexibility index (Phi) is 25.7. The molecule has 0 saturated heterocycles. The average Bonchev–Trinajstić information content (AvgIpc) is 2.90. The van der Waals surface area contributed by atoms with Gasteiger partial charge in [-0.25, -0.2) is 0 Å². The molecule has 0 bridgehead atoms. The molecule has 1 amide bonds. The Morgan fingerprint density at radius 3 is 1.74 bits per heavy atom. The Morgan fingerprint density at radius 2 is 1.17 bits per heavy atom. The van der Waals surface area contributed by atoms with Crippen molar-refractivity contribution < 1.29 is 23.8 Å². The maximum atomic E-state index is 12.4. The highest BCUT2D eigenvalue weighted by Gasteiger charge is 2.33. The molecular weight excluding hydrogens is 528 g/mol. The summed E-state index contributed by atoms with van der Waals surface area (Å²) in [5, 5.41) is 6.35. The van der Waals surface area contributed by atoms with E-state index < -0.39 is 0 Å². The van der Waals surface area contributed by atoms with Crippen molar-refractivity contribution >= 4 is 11.7 Å². The monoisotopic (exact) mass is 599 g/mol. The number of nitrogens with one attached hydrogen (secondary N) is 2. The van der Waals surface area contributed by atoms with Crippen LogP contribution in [-0.2, 0) is 23.8 Å². The summed E-state index contributed by atoms with van der Waals surface area (Å²) in [4.78, 5) is 24.7. The maximum Gasteiger partial charge on any atom is 0.222 e. The summed E-state index contributed by atoms with van der Waals surface area (Å²) >= 11 is 0. The van der Waals surface area contributed by atoms with Crippen LogP contribution >= 0.6 is 0 Å². The van der Waals surface area contributed by atoms with E-state index in [1.54, 1.807) is 0 Å². The highest BCUT2D eigenvalue weighted by atomic mass is 16.5. The van der Waals surface area contributed by atoms with Crippen LogP contribution in [0.3, 0.4) is 0 Å². The van der Waals surface area contributed by atoms with Gasteiger partial charge in [-0.1, -0.05) is 87.5 Å². The summed E-state index contributed by atoms with van der Waals surface area (Å²) in [5.41, 5.74) is -0.300. The number of carbonyl (C=O) groups is 2. The fourth-order valence-electron chi connectivity index (χ4n) is 5.11. The molecule has 0 aromatic heterocycles. The van der Waals surface area contributed by atoms with Crippen LogP contribution in [0.5, 0.6) is 0 Å². The topological polar surface area (TPSA) is 85.9 Å². The molecule has 42 heavy (non-hydrogen) atoms. The minimum Gasteiger partial charge on any atom is -0.381 e. The van der Waals surface area contributed by atoms with Crippen molar-refractivity contribution in [2.45, 2.75) is 138 Å². The van der Waals surface area contributed by atoms with E-state index in [1.165, 1.54) is 25.7 Å². The summed E-state index contributed by atoms with van der Waals surface area (Å²) in [6.07, 6.45) is 11.3. The maximum absolute atomic E-state index is 12.4. The highest BCUT2D eigenvalue weighted by Crippen LogP contribution is 2.29. The highest BCUT2D eigenvalue weighted by molar-refractivity contribution is 5.78. The standard InChI is InChI=1S/C35H70N2O5/c1-29(2)15-10-9-11-17-33(38)18-23-41-27-35(25-31(5)6,26-40-22-13-12-16-30(3)4)28-42-24-19-34(39)37-21-14-20-36-32(7)8/h29-32,36H,9-28H2,1-8H3,(H,37,39). The molecule has 0 radical (unpaired) electrons. The zero-order valence-corrected chi connectivity index (χ0v) is 29.0. The van der Waals surface area contributed by atoms with Crippen LogP contribution in [0.2, 0.25) is 0 Å². The van der Waals surface area contributed by atoms with Crippen molar-refractivity contribution in [2.24, 2.45) is 23.2 Å². The minimum absolute atomic E-state index is 0.0226. The second kappa shape index (κ2) is 26.4. The van der Waals surface area contributed by atoms with Crippen molar-refractivity contribution in [3.05, 3.63) is 0 Å². The second-order valence-electron chi connectivity index (χ2n) is 14.0. The lowest BCUT2D eigenvalue weighted by atomic mass is 9.82. The van der Waals surface area contributed by atoms with Gasteiger partial charge in [-0.3, -0.25) is 9.59 Å². The summed E-state index contributed by atoms with van der Waals surface area (Å²) < 4.78 is 18.5. The smallest absolute Gasteiger partial charge is 0.222 e. The summed E-state index contributed by atoms with van der Waals surface area (Å²) in [5.74, 6) is 2.19. The molecule has 0 aromatic rings. The van der Waals surface area contributed by atoms with Gasteiger partial charge in [0.25, 0.3) is 0 Å². The SMILES string of the molecule is CC(C)CCCCCC(=O)CCOCC(COCCCCC(C)C)(COCCC(=O)NCCCNC(C)C)CC(C)C. The van der Waals surface area contributed by atoms with E-state index in [9.17, 15) is 9.59 Å². The van der Waals surface area contributed by atoms with Crippen molar-refractivity contribution in [3.63, 3.8) is 0 Å². The zero-order chi connectivity index (χ0) is 31.6. The largest absolute Gasteiger partial charge is 0.381 e. The number of amides is 1. The summed E-state index contributed by atoms with van der Waals surface area (Å²) in [6, 6.07) is 0.457. The van der Waals surface area contributed by atoms with Crippen molar-refractivity contribution in [3.8, 4) is 0 Å². The molecule has 0 heterocycles. The molecule has 1 atom stereocenters. The van der Waals surface area contributed by atoms with E-state index in [4.69, 9.17) is 14.2 Å². The van der Waals surface area contributed by atoms with Crippen LogP contribution in [0.25, 0.3) is 0 Å². The van der Waals surface area contributed by atoms with Crippen LogP contribution in [0.15, 0.2) is 0 Å². The summed E-state index contributed by atoms with van der Waals surface area (Å²) in [6.45, 7) is 22.3. The van der Waals surface area contributed by atoms with Crippen molar-refractivity contribution in [1.82, 2.24) is 10.6 Å². The van der Waals surface area contributed by atoms with E-state index in [-0.39, 0.29) is 17.1 Å². The first-order valence-corrected chi connectivity index (χ1v) is 17.2. The first-order valence-electron chi connectivity index (χ1n) is 17.2. The minimum atomic E-state index is -0.300. The molecular formula is C35H70N2O5. The lowest BCUT2D eigenvalue weighted by Crippen LogP contribution is -2.39. The summed E-state index contributed by atoms with van der Waals surface area (Å²) in [7, 11) is 0. The predicted molar refractivity (Wildman–Crippen MR) is 176 cm³/mol.